The minimum atomic E-state index is -0.157. The highest BCUT2D eigenvalue weighted by Gasteiger charge is 2.39. The molecule has 0 fully saturated rings. The van der Waals surface area contributed by atoms with Crippen molar-refractivity contribution in [2.45, 2.75) is 65.9 Å². The Labute approximate surface area is 139 Å². The largest absolute Gasteiger partial charge is 0.469 e. The highest BCUT2D eigenvalue weighted by molar-refractivity contribution is 5.72. The first-order valence-electron chi connectivity index (χ1n) is 8.06. The van der Waals surface area contributed by atoms with Gasteiger partial charge in [0.15, 0.2) is 6.10 Å². The number of esters is 2. The summed E-state index contributed by atoms with van der Waals surface area (Å²) in [4.78, 5) is 21.3. The maximum atomic E-state index is 11.3. The summed E-state index contributed by atoms with van der Waals surface area (Å²) < 4.78 is 9.65. The summed E-state index contributed by atoms with van der Waals surface area (Å²) in [6, 6.07) is 4.38. The van der Waals surface area contributed by atoms with Crippen molar-refractivity contribution in [1.29, 1.82) is 0 Å². The topological polar surface area (TPSA) is 52.6 Å². The Bertz CT molecular complexity index is 576. The summed E-state index contributed by atoms with van der Waals surface area (Å²) in [6.45, 7) is 12.3. The van der Waals surface area contributed by atoms with Crippen molar-refractivity contribution in [2.75, 3.05) is 7.11 Å². The molecule has 4 nitrogen and oxygen atoms in total. The van der Waals surface area contributed by atoms with Crippen LogP contribution in [0.4, 0.5) is 0 Å². The molecule has 1 aromatic rings. The van der Waals surface area contributed by atoms with Crippen LogP contribution in [0.15, 0.2) is 12.1 Å². The van der Waals surface area contributed by atoms with Gasteiger partial charge in [-0.05, 0) is 23.5 Å². The van der Waals surface area contributed by atoms with Gasteiger partial charge in [-0.1, -0.05) is 46.8 Å². The zero-order valence-electron chi connectivity index (χ0n) is 15.3. The Kier molecular flexibility index (Phi) is 6.37. The molecule has 0 bridgehead atoms. The lowest BCUT2D eigenvalue weighted by Gasteiger charge is -2.18. The van der Waals surface area contributed by atoms with Gasteiger partial charge in [0, 0.05) is 24.0 Å². The zero-order chi connectivity index (χ0) is 17.8. The van der Waals surface area contributed by atoms with Gasteiger partial charge in [-0.25, -0.2) is 0 Å². The van der Waals surface area contributed by atoms with E-state index < -0.39 is 0 Å². The molecule has 0 heterocycles. The van der Waals surface area contributed by atoms with Gasteiger partial charge in [-0.15, -0.1) is 0 Å². The van der Waals surface area contributed by atoms with Crippen molar-refractivity contribution in [3.05, 3.63) is 34.4 Å². The summed E-state index contributed by atoms with van der Waals surface area (Å²) >= 11 is 0. The molecule has 1 aromatic carbocycles. The number of aryl methyl sites for hydroxylation is 1. The molecule has 4 heteroatoms. The molecule has 1 aliphatic carbocycles. The van der Waals surface area contributed by atoms with Gasteiger partial charge in [0.25, 0.3) is 0 Å². The maximum Gasteiger partial charge on any atom is 0.306 e. The summed E-state index contributed by atoms with van der Waals surface area (Å²) in [5.74, 6) is -0.280. The van der Waals surface area contributed by atoms with Crippen LogP contribution in [0.1, 0.15) is 75.8 Å². The second-order valence-corrected chi connectivity index (χ2v) is 6.70. The standard InChI is InChI=1S/C15H20O2.C4H8O2/c1-6-12(16)17-14-11-8-10(15(3,4)5)7-9(2)13(11)14;1-3-4(5)6-2/h7-8,14H,6H2,1-5H3;3H2,1-2H3. The van der Waals surface area contributed by atoms with Crippen molar-refractivity contribution in [3.8, 4) is 0 Å². The minimum Gasteiger partial charge on any atom is -0.469 e. The quantitative estimate of drug-likeness (QED) is 0.783. The monoisotopic (exact) mass is 320 g/mol. The van der Waals surface area contributed by atoms with E-state index in [1.54, 1.807) is 6.92 Å². The van der Waals surface area contributed by atoms with E-state index >= 15 is 0 Å². The van der Waals surface area contributed by atoms with Crippen molar-refractivity contribution in [1.82, 2.24) is 0 Å². The van der Waals surface area contributed by atoms with Crippen molar-refractivity contribution >= 4 is 11.9 Å². The number of rotatable bonds is 3. The Hall–Kier alpha value is -1.84. The number of fused-ring (bicyclic) bond motifs is 1. The molecule has 0 amide bonds. The van der Waals surface area contributed by atoms with E-state index in [1.807, 2.05) is 6.92 Å². The summed E-state index contributed by atoms with van der Waals surface area (Å²) in [7, 11) is 1.38. The maximum absolute atomic E-state index is 11.3. The molecule has 0 aliphatic heterocycles. The third-order valence-corrected chi connectivity index (χ3v) is 3.80. The van der Waals surface area contributed by atoms with Crippen LogP contribution < -0.4 is 0 Å². The highest BCUT2D eigenvalue weighted by Crippen LogP contribution is 2.48. The molecular formula is C19H28O4. The van der Waals surface area contributed by atoms with E-state index in [1.165, 1.54) is 29.4 Å². The second-order valence-electron chi connectivity index (χ2n) is 6.70. The molecule has 1 unspecified atom stereocenters. The number of hydrogen-bond acceptors (Lipinski definition) is 4. The van der Waals surface area contributed by atoms with E-state index in [0.29, 0.717) is 12.8 Å². The number of carbonyl (C=O) groups is 2. The Morgan fingerprint density at radius 3 is 2.04 bits per heavy atom. The van der Waals surface area contributed by atoms with Gasteiger partial charge in [-0.3, -0.25) is 9.59 Å². The Balaban J connectivity index is 0.000000379. The molecule has 1 atom stereocenters. The van der Waals surface area contributed by atoms with Crippen LogP contribution in [0.2, 0.25) is 0 Å². The fourth-order valence-corrected chi connectivity index (χ4v) is 2.24. The predicted molar refractivity (Wildman–Crippen MR) is 90.4 cm³/mol. The first-order chi connectivity index (χ1) is 10.6. The van der Waals surface area contributed by atoms with Crippen molar-refractivity contribution in [2.24, 2.45) is 0 Å². The van der Waals surface area contributed by atoms with Gasteiger partial charge < -0.3 is 9.47 Å². The number of benzene rings is 1. The van der Waals surface area contributed by atoms with Crippen LogP contribution in [-0.4, -0.2) is 19.0 Å². The predicted octanol–water partition coefficient (Wildman–Crippen LogP) is 4.22. The molecule has 1 aliphatic rings. The first kappa shape index (κ1) is 19.2. The highest BCUT2D eigenvalue weighted by atomic mass is 16.5. The first-order valence-corrected chi connectivity index (χ1v) is 8.06. The molecule has 2 rings (SSSR count). The smallest absolute Gasteiger partial charge is 0.306 e. The normalized spacial score (nSPS) is 15.0. The van der Waals surface area contributed by atoms with Gasteiger partial charge in [0.05, 0.1) is 7.11 Å². The summed E-state index contributed by atoms with van der Waals surface area (Å²) in [5, 5.41) is 0. The van der Waals surface area contributed by atoms with Gasteiger partial charge >= 0.3 is 11.9 Å². The number of ether oxygens (including phenoxy) is 2. The lowest BCUT2D eigenvalue weighted by molar-refractivity contribution is -0.145. The molecule has 128 valence electrons. The Morgan fingerprint density at radius 2 is 1.65 bits per heavy atom. The van der Waals surface area contributed by atoms with E-state index in [2.05, 4.69) is 44.6 Å². The fraction of sp³-hybridized carbons (Fsp3) is 0.579. The van der Waals surface area contributed by atoms with E-state index in [0.717, 1.165) is 0 Å². The molecule has 0 saturated carbocycles. The SMILES string of the molecule is CCC(=O)OC.CCC(=O)OC1c2cc(C(C)(C)C)cc(C)c21. The fourth-order valence-electron chi connectivity index (χ4n) is 2.24. The van der Waals surface area contributed by atoms with Crippen LogP contribution in [0.3, 0.4) is 0 Å². The van der Waals surface area contributed by atoms with Crippen LogP contribution in [-0.2, 0) is 24.5 Å². The lowest BCUT2D eigenvalue weighted by Crippen LogP contribution is -2.10. The van der Waals surface area contributed by atoms with E-state index in [-0.39, 0.29) is 23.5 Å². The molecule has 0 spiro atoms. The minimum absolute atomic E-state index is 0.0708. The number of carbonyl (C=O) groups excluding carboxylic acids is 2. The molecule has 0 radical (unpaired) electrons. The number of methoxy groups -OCH3 is 1. The van der Waals surface area contributed by atoms with Gasteiger partial charge in [-0.2, -0.15) is 0 Å². The van der Waals surface area contributed by atoms with Crippen molar-refractivity contribution < 1.29 is 19.1 Å². The molecular weight excluding hydrogens is 292 g/mol. The third kappa shape index (κ3) is 5.08. The van der Waals surface area contributed by atoms with E-state index in [4.69, 9.17) is 4.74 Å². The average molecular weight is 320 g/mol. The van der Waals surface area contributed by atoms with Crippen LogP contribution in [0, 0.1) is 6.92 Å². The molecule has 0 N–H and O–H groups in total. The zero-order valence-corrected chi connectivity index (χ0v) is 15.3. The molecule has 0 saturated heterocycles. The van der Waals surface area contributed by atoms with Gasteiger partial charge in [0.2, 0.25) is 0 Å². The lowest BCUT2D eigenvalue weighted by atomic mass is 9.86. The van der Waals surface area contributed by atoms with Crippen molar-refractivity contribution in [3.63, 3.8) is 0 Å². The van der Waals surface area contributed by atoms with Crippen LogP contribution in [0.25, 0.3) is 0 Å². The van der Waals surface area contributed by atoms with Crippen LogP contribution >= 0.6 is 0 Å². The average Bonchev–Trinajstić information content (AvgIpc) is 3.19. The summed E-state index contributed by atoms with van der Waals surface area (Å²) in [5.41, 5.74) is 5.09. The van der Waals surface area contributed by atoms with E-state index in [9.17, 15) is 9.59 Å². The summed E-state index contributed by atoms with van der Waals surface area (Å²) in [6.07, 6.45) is 0.838. The third-order valence-electron chi connectivity index (χ3n) is 3.80. The molecule has 0 aromatic heterocycles. The number of hydrogen-bond donors (Lipinski definition) is 0. The van der Waals surface area contributed by atoms with Crippen LogP contribution in [0.5, 0.6) is 0 Å². The molecule has 23 heavy (non-hydrogen) atoms. The Morgan fingerprint density at radius 1 is 1.09 bits per heavy atom. The van der Waals surface area contributed by atoms with Gasteiger partial charge in [0.1, 0.15) is 0 Å². The second kappa shape index (κ2) is 7.62.